The van der Waals surface area contributed by atoms with Crippen LogP contribution in [-0.4, -0.2) is 46.5 Å². The standard InChI is InChI=1S/C26H34N2O7/c1-6-7-8-9-10-11-24(29)28-27-17-18-12-13-20(21(14-18)31-2)35-26(30)19-15-22(32-3)25(34-5)23(16-19)33-4/h12-17H,6-11H2,1-5H3,(H,28,29). The summed E-state index contributed by atoms with van der Waals surface area (Å²) in [5.74, 6) is 0.837. The first-order chi connectivity index (χ1) is 17.0. The summed E-state index contributed by atoms with van der Waals surface area (Å²) in [5, 5.41) is 4.00. The maximum atomic E-state index is 12.8. The van der Waals surface area contributed by atoms with E-state index in [1.54, 1.807) is 18.2 Å². The molecule has 0 heterocycles. The topological polar surface area (TPSA) is 105 Å². The van der Waals surface area contributed by atoms with E-state index in [-0.39, 0.29) is 17.2 Å². The molecule has 0 aromatic heterocycles. The molecule has 2 aromatic rings. The second-order valence-electron chi connectivity index (χ2n) is 7.67. The number of carbonyl (C=O) groups is 2. The molecule has 9 heteroatoms. The number of amides is 1. The van der Waals surface area contributed by atoms with Gasteiger partial charge in [-0.05, 0) is 42.3 Å². The maximum absolute atomic E-state index is 12.8. The molecule has 0 aliphatic heterocycles. The van der Waals surface area contributed by atoms with Crippen molar-refractivity contribution in [3.63, 3.8) is 0 Å². The van der Waals surface area contributed by atoms with Crippen molar-refractivity contribution >= 4 is 18.1 Å². The predicted octanol–water partition coefficient (Wildman–Crippen LogP) is 4.75. The van der Waals surface area contributed by atoms with Crippen molar-refractivity contribution in [1.29, 1.82) is 0 Å². The van der Waals surface area contributed by atoms with E-state index < -0.39 is 5.97 Å². The van der Waals surface area contributed by atoms with Crippen LogP contribution < -0.4 is 29.1 Å². The van der Waals surface area contributed by atoms with Crippen molar-refractivity contribution in [3.8, 4) is 28.7 Å². The van der Waals surface area contributed by atoms with Crippen LogP contribution in [0.4, 0.5) is 0 Å². The Balaban J connectivity index is 2.04. The first kappa shape index (κ1) is 27.5. The van der Waals surface area contributed by atoms with Gasteiger partial charge in [-0.15, -0.1) is 0 Å². The van der Waals surface area contributed by atoms with Crippen molar-refractivity contribution in [2.24, 2.45) is 5.10 Å². The molecule has 35 heavy (non-hydrogen) atoms. The van der Waals surface area contributed by atoms with Gasteiger partial charge < -0.3 is 23.7 Å². The van der Waals surface area contributed by atoms with Crippen molar-refractivity contribution < 1.29 is 33.3 Å². The zero-order valence-electron chi connectivity index (χ0n) is 21.0. The van der Waals surface area contributed by atoms with Crippen LogP contribution in [0.3, 0.4) is 0 Å². The van der Waals surface area contributed by atoms with Gasteiger partial charge in [-0.2, -0.15) is 5.10 Å². The lowest BCUT2D eigenvalue weighted by Gasteiger charge is -2.14. The third kappa shape index (κ3) is 8.20. The molecule has 0 aliphatic carbocycles. The highest BCUT2D eigenvalue weighted by Crippen LogP contribution is 2.38. The molecule has 9 nitrogen and oxygen atoms in total. The molecule has 0 saturated carbocycles. The van der Waals surface area contributed by atoms with Gasteiger partial charge in [-0.1, -0.05) is 32.6 Å². The van der Waals surface area contributed by atoms with E-state index >= 15 is 0 Å². The predicted molar refractivity (Wildman–Crippen MR) is 133 cm³/mol. The summed E-state index contributed by atoms with van der Waals surface area (Å²) in [5.41, 5.74) is 3.41. The van der Waals surface area contributed by atoms with Gasteiger partial charge in [0.05, 0.1) is 40.2 Å². The maximum Gasteiger partial charge on any atom is 0.343 e. The summed E-state index contributed by atoms with van der Waals surface area (Å²) in [6, 6.07) is 7.94. The van der Waals surface area contributed by atoms with Crippen LogP contribution in [0.1, 0.15) is 61.4 Å². The fourth-order valence-electron chi connectivity index (χ4n) is 3.33. The number of esters is 1. The monoisotopic (exact) mass is 486 g/mol. The Morgan fingerprint density at radius 1 is 0.829 bits per heavy atom. The molecule has 0 bridgehead atoms. The number of methoxy groups -OCH3 is 4. The van der Waals surface area contributed by atoms with E-state index in [0.29, 0.717) is 35.0 Å². The van der Waals surface area contributed by atoms with Crippen LogP contribution in [0.15, 0.2) is 35.4 Å². The van der Waals surface area contributed by atoms with Crippen LogP contribution in [0.2, 0.25) is 0 Å². The summed E-state index contributed by atoms with van der Waals surface area (Å²) >= 11 is 0. The Hall–Kier alpha value is -3.75. The van der Waals surface area contributed by atoms with Gasteiger partial charge in [-0.3, -0.25) is 4.79 Å². The van der Waals surface area contributed by atoms with E-state index in [1.807, 2.05) is 0 Å². The summed E-state index contributed by atoms with van der Waals surface area (Å²) in [4.78, 5) is 24.7. The molecule has 0 radical (unpaired) electrons. The molecule has 0 aliphatic rings. The number of benzene rings is 2. The van der Waals surface area contributed by atoms with Crippen molar-refractivity contribution in [1.82, 2.24) is 5.43 Å². The zero-order chi connectivity index (χ0) is 25.6. The molecule has 1 amide bonds. The molecule has 2 aromatic carbocycles. The molecule has 190 valence electrons. The van der Waals surface area contributed by atoms with Gasteiger partial charge in [-0.25, -0.2) is 10.2 Å². The lowest BCUT2D eigenvalue weighted by Crippen LogP contribution is -2.16. The Labute approximate surface area is 206 Å². The number of carbonyl (C=O) groups excluding carboxylic acids is 2. The Kier molecular flexibility index (Phi) is 11.4. The molecule has 1 N–H and O–H groups in total. The minimum Gasteiger partial charge on any atom is -0.493 e. The molecule has 0 fully saturated rings. The van der Waals surface area contributed by atoms with Crippen LogP contribution >= 0.6 is 0 Å². The summed E-state index contributed by atoms with van der Waals surface area (Å²) in [7, 11) is 5.87. The average molecular weight is 487 g/mol. The first-order valence-corrected chi connectivity index (χ1v) is 11.5. The second kappa shape index (κ2) is 14.5. The quantitative estimate of drug-likeness (QED) is 0.135. The van der Waals surface area contributed by atoms with Gasteiger partial charge in [0, 0.05) is 6.42 Å². The summed E-state index contributed by atoms with van der Waals surface area (Å²) < 4.78 is 26.8. The van der Waals surface area contributed by atoms with Crippen molar-refractivity contribution in [2.75, 3.05) is 28.4 Å². The highest BCUT2D eigenvalue weighted by atomic mass is 16.6. The highest BCUT2D eigenvalue weighted by molar-refractivity contribution is 5.93. The molecule has 0 unspecified atom stereocenters. The van der Waals surface area contributed by atoms with E-state index in [2.05, 4.69) is 17.5 Å². The lowest BCUT2D eigenvalue weighted by atomic mass is 10.1. The smallest absolute Gasteiger partial charge is 0.343 e. The van der Waals surface area contributed by atoms with E-state index in [1.165, 1.54) is 59.6 Å². The molecular weight excluding hydrogens is 452 g/mol. The number of rotatable bonds is 14. The van der Waals surface area contributed by atoms with Crippen molar-refractivity contribution in [3.05, 3.63) is 41.5 Å². The third-order valence-electron chi connectivity index (χ3n) is 5.20. The minimum atomic E-state index is -0.629. The lowest BCUT2D eigenvalue weighted by molar-refractivity contribution is -0.121. The molecule has 0 atom stereocenters. The Morgan fingerprint density at radius 3 is 2.09 bits per heavy atom. The number of nitrogens with one attached hydrogen (secondary N) is 1. The molecule has 0 saturated heterocycles. The number of unbranched alkanes of at least 4 members (excludes halogenated alkanes) is 4. The summed E-state index contributed by atoms with van der Waals surface area (Å²) in [6.07, 6.45) is 7.34. The fourth-order valence-corrected chi connectivity index (χ4v) is 3.33. The molecule has 2 rings (SSSR count). The van der Waals surface area contributed by atoms with Crippen molar-refractivity contribution in [2.45, 2.75) is 45.4 Å². The third-order valence-corrected chi connectivity index (χ3v) is 5.20. The van der Waals surface area contributed by atoms with Gasteiger partial charge >= 0.3 is 5.97 Å². The van der Waals surface area contributed by atoms with Crippen LogP contribution in [0.25, 0.3) is 0 Å². The largest absolute Gasteiger partial charge is 0.493 e. The van der Waals surface area contributed by atoms with Gasteiger partial charge in [0.2, 0.25) is 11.7 Å². The van der Waals surface area contributed by atoms with E-state index in [0.717, 1.165) is 19.3 Å². The minimum absolute atomic E-state index is 0.124. The number of hydrogen-bond acceptors (Lipinski definition) is 8. The normalized spacial score (nSPS) is 10.7. The number of nitrogens with zero attached hydrogens (tertiary/aromatic N) is 1. The first-order valence-electron chi connectivity index (χ1n) is 11.5. The van der Waals surface area contributed by atoms with Gasteiger partial charge in [0.15, 0.2) is 23.0 Å². The number of ether oxygens (including phenoxy) is 5. The number of hydrogen-bond donors (Lipinski definition) is 1. The highest BCUT2D eigenvalue weighted by Gasteiger charge is 2.19. The van der Waals surface area contributed by atoms with Crippen LogP contribution in [0, 0.1) is 0 Å². The van der Waals surface area contributed by atoms with Gasteiger partial charge in [0.1, 0.15) is 0 Å². The van der Waals surface area contributed by atoms with Gasteiger partial charge in [0.25, 0.3) is 0 Å². The average Bonchev–Trinajstić information content (AvgIpc) is 2.88. The Morgan fingerprint density at radius 2 is 1.49 bits per heavy atom. The molecular formula is C26H34N2O7. The summed E-state index contributed by atoms with van der Waals surface area (Å²) in [6.45, 7) is 2.16. The SMILES string of the molecule is CCCCCCCC(=O)NN=Cc1ccc(OC(=O)c2cc(OC)c(OC)c(OC)c2)c(OC)c1. The van der Waals surface area contributed by atoms with E-state index in [9.17, 15) is 9.59 Å². The number of hydrazone groups is 1. The Bertz CT molecular complexity index is 996. The second-order valence-corrected chi connectivity index (χ2v) is 7.67. The van der Waals surface area contributed by atoms with Crippen LogP contribution in [-0.2, 0) is 4.79 Å². The zero-order valence-corrected chi connectivity index (χ0v) is 21.0. The molecule has 0 spiro atoms. The van der Waals surface area contributed by atoms with E-state index in [4.69, 9.17) is 23.7 Å². The fraction of sp³-hybridized carbons (Fsp3) is 0.423. The van der Waals surface area contributed by atoms with Crippen LogP contribution in [0.5, 0.6) is 28.7 Å².